The molecule has 0 fully saturated rings. The van der Waals surface area contributed by atoms with E-state index in [2.05, 4.69) is 15.5 Å². The minimum absolute atomic E-state index is 0.0479. The van der Waals surface area contributed by atoms with Gasteiger partial charge in [-0.3, -0.25) is 9.89 Å². The number of H-pyrrole nitrogens is 1. The van der Waals surface area contributed by atoms with Crippen LogP contribution in [0.5, 0.6) is 17.2 Å². The van der Waals surface area contributed by atoms with Crippen LogP contribution < -0.4 is 10.1 Å². The lowest BCUT2D eigenvalue weighted by molar-refractivity contribution is 0.102. The zero-order chi connectivity index (χ0) is 22.0. The molecule has 4 rings (SSSR count). The van der Waals surface area contributed by atoms with Gasteiger partial charge in [-0.05, 0) is 35.9 Å². The molecule has 0 bridgehead atoms. The van der Waals surface area contributed by atoms with Crippen molar-refractivity contribution >= 4 is 23.2 Å². The molecule has 7 nitrogen and oxygen atoms in total. The fraction of sp³-hybridized carbons (Fsp3) is 0.0435. The summed E-state index contributed by atoms with van der Waals surface area (Å²) in [5.74, 6) is -0.232. The van der Waals surface area contributed by atoms with Crippen molar-refractivity contribution in [3.63, 3.8) is 0 Å². The number of aromatic nitrogens is 2. The average molecular weight is 436 g/mol. The molecule has 0 atom stereocenters. The monoisotopic (exact) mass is 435 g/mol. The SMILES string of the molecule is COc1ccc(-c2c(-c3cc(Cl)c(O)cc3O)n[nH]c2C(=O)Nc2ccccc2)cc1. The predicted molar refractivity (Wildman–Crippen MR) is 119 cm³/mol. The smallest absolute Gasteiger partial charge is 0.274 e. The van der Waals surface area contributed by atoms with E-state index in [0.29, 0.717) is 28.3 Å². The number of rotatable bonds is 5. The number of anilines is 1. The van der Waals surface area contributed by atoms with Gasteiger partial charge in [0.15, 0.2) is 0 Å². The highest BCUT2D eigenvalue weighted by Gasteiger charge is 2.24. The lowest BCUT2D eigenvalue weighted by Crippen LogP contribution is -2.13. The van der Waals surface area contributed by atoms with E-state index < -0.39 is 5.91 Å². The summed E-state index contributed by atoms with van der Waals surface area (Å²) >= 11 is 6.06. The van der Waals surface area contributed by atoms with Gasteiger partial charge in [0.05, 0.1) is 12.1 Å². The Kier molecular flexibility index (Phi) is 5.51. The van der Waals surface area contributed by atoms with E-state index in [1.807, 2.05) is 18.2 Å². The number of carbonyl (C=O) groups excluding carboxylic acids is 1. The van der Waals surface area contributed by atoms with Crippen LogP contribution in [0.25, 0.3) is 22.4 Å². The number of para-hydroxylation sites is 1. The summed E-state index contributed by atoms with van der Waals surface area (Å²) in [5.41, 5.74) is 2.54. The van der Waals surface area contributed by atoms with Crippen molar-refractivity contribution in [2.75, 3.05) is 12.4 Å². The number of ether oxygens (including phenoxy) is 1. The Balaban J connectivity index is 1.86. The first-order chi connectivity index (χ1) is 15.0. The minimum atomic E-state index is -0.403. The van der Waals surface area contributed by atoms with Crippen molar-refractivity contribution < 1.29 is 19.7 Å². The molecule has 0 saturated carbocycles. The Hall–Kier alpha value is -3.97. The number of nitrogens with zero attached hydrogens (tertiary/aromatic N) is 1. The molecule has 0 aliphatic heterocycles. The summed E-state index contributed by atoms with van der Waals surface area (Å²) < 4.78 is 5.22. The van der Waals surface area contributed by atoms with Crippen LogP contribution in [0.2, 0.25) is 5.02 Å². The maximum absolute atomic E-state index is 13.0. The van der Waals surface area contributed by atoms with Crippen molar-refractivity contribution in [2.45, 2.75) is 0 Å². The lowest BCUT2D eigenvalue weighted by atomic mass is 9.97. The van der Waals surface area contributed by atoms with Gasteiger partial charge in [-0.1, -0.05) is 41.9 Å². The van der Waals surface area contributed by atoms with Crippen LogP contribution in [-0.2, 0) is 0 Å². The van der Waals surface area contributed by atoms with Gasteiger partial charge in [0, 0.05) is 22.9 Å². The molecule has 1 heterocycles. The van der Waals surface area contributed by atoms with Gasteiger partial charge in [-0.2, -0.15) is 5.10 Å². The molecule has 3 aromatic carbocycles. The fourth-order valence-corrected chi connectivity index (χ4v) is 3.36. The molecule has 4 aromatic rings. The number of phenols is 2. The summed E-state index contributed by atoms with van der Waals surface area (Å²) in [6.07, 6.45) is 0. The molecule has 0 aliphatic carbocycles. The number of nitrogens with one attached hydrogen (secondary N) is 2. The summed E-state index contributed by atoms with van der Waals surface area (Å²) in [4.78, 5) is 13.0. The molecule has 31 heavy (non-hydrogen) atoms. The molecule has 0 aliphatic rings. The number of hydrogen-bond acceptors (Lipinski definition) is 5. The second kappa shape index (κ2) is 8.41. The van der Waals surface area contributed by atoms with Crippen LogP contribution in [0.3, 0.4) is 0 Å². The zero-order valence-corrected chi connectivity index (χ0v) is 17.1. The van der Waals surface area contributed by atoms with Gasteiger partial charge in [-0.25, -0.2) is 0 Å². The molecule has 0 unspecified atom stereocenters. The van der Waals surface area contributed by atoms with E-state index in [0.717, 1.165) is 6.07 Å². The number of carbonyl (C=O) groups is 1. The van der Waals surface area contributed by atoms with Crippen molar-refractivity contribution in [3.8, 4) is 39.6 Å². The molecular formula is C23H18ClN3O4. The summed E-state index contributed by atoms with van der Waals surface area (Å²) in [6, 6.07) is 18.6. The van der Waals surface area contributed by atoms with Crippen molar-refractivity contribution in [1.82, 2.24) is 10.2 Å². The molecule has 1 aromatic heterocycles. The lowest BCUT2D eigenvalue weighted by Gasteiger charge is -2.10. The number of halogens is 1. The largest absolute Gasteiger partial charge is 0.507 e. The molecule has 8 heteroatoms. The van der Waals surface area contributed by atoms with Crippen LogP contribution in [0.1, 0.15) is 10.5 Å². The molecule has 4 N–H and O–H groups in total. The number of phenolic OH excluding ortho intramolecular Hbond substituents is 2. The van der Waals surface area contributed by atoms with E-state index in [1.54, 1.807) is 43.5 Å². The highest BCUT2D eigenvalue weighted by Crippen LogP contribution is 2.41. The van der Waals surface area contributed by atoms with Crippen LogP contribution in [0.15, 0.2) is 66.7 Å². The Morgan fingerprint density at radius 1 is 1.03 bits per heavy atom. The fourth-order valence-electron chi connectivity index (χ4n) is 3.20. The quantitative estimate of drug-likeness (QED) is 0.350. The van der Waals surface area contributed by atoms with E-state index >= 15 is 0 Å². The Bertz CT molecular complexity index is 1240. The predicted octanol–water partition coefficient (Wildman–Crippen LogP) is 5.07. The number of aromatic hydroxyl groups is 2. The van der Waals surface area contributed by atoms with E-state index in [4.69, 9.17) is 16.3 Å². The molecule has 1 amide bonds. The first kappa shape index (κ1) is 20.3. The molecule has 0 radical (unpaired) electrons. The highest BCUT2D eigenvalue weighted by molar-refractivity contribution is 6.32. The number of benzene rings is 3. The van der Waals surface area contributed by atoms with Crippen LogP contribution >= 0.6 is 11.6 Å². The highest BCUT2D eigenvalue weighted by atomic mass is 35.5. The summed E-state index contributed by atoms with van der Waals surface area (Å²) in [7, 11) is 1.56. The number of aromatic amines is 1. The van der Waals surface area contributed by atoms with Gasteiger partial charge in [0.25, 0.3) is 5.91 Å². The third-order valence-corrected chi connectivity index (χ3v) is 5.03. The average Bonchev–Trinajstić information content (AvgIpc) is 3.22. The molecule has 0 spiro atoms. The maximum Gasteiger partial charge on any atom is 0.274 e. The van der Waals surface area contributed by atoms with Gasteiger partial charge in [0.2, 0.25) is 0 Å². The van der Waals surface area contributed by atoms with E-state index in [9.17, 15) is 15.0 Å². The normalized spacial score (nSPS) is 10.6. The van der Waals surface area contributed by atoms with Crippen molar-refractivity contribution in [2.24, 2.45) is 0 Å². The summed E-state index contributed by atoms with van der Waals surface area (Å²) in [6.45, 7) is 0. The first-order valence-electron chi connectivity index (χ1n) is 9.29. The van der Waals surface area contributed by atoms with Gasteiger partial charge >= 0.3 is 0 Å². The van der Waals surface area contributed by atoms with E-state index in [1.165, 1.54) is 6.07 Å². The molecule has 156 valence electrons. The third kappa shape index (κ3) is 4.04. The summed E-state index contributed by atoms with van der Waals surface area (Å²) in [5, 5.41) is 30.1. The first-order valence-corrected chi connectivity index (χ1v) is 9.66. The zero-order valence-electron chi connectivity index (χ0n) is 16.4. The second-order valence-corrected chi connectivity index (χ2v) is 7.10. The van der Waals surface area contributed by atoms with Gasteiger partial charge in [-0.15, -0.1) is 0 Å². The van der Waals surface area contributed by atoms with Crippen LogP contribution in [0, 0.1) is 0 Å². The standard InChI is InChI=1S/C23H18ClN3O4/c1-31-15-9-7-13(8-10-15)20-21(16-11-17(24)19(29)12-18(16)28)26-27-22(20)23(30)25-14-5-3-2-4-6-14/h2-12,28-29H,1H3,(H,25,30)(H,26,27). The number of methoxy groups -OCH3 is 1. The Labute approximate surface area is 182 Å². The van der Waals surface area contributed by atoms with Crippen LogP contribution in [-0.4, -0.2) is 33.4 Å². The van der Waals surface area contributed by atoms with E-state index in [-0.39, 0.29) is 27.8 Å². The van der Waals surface area contributed by atoms with Crippen molar-refractivity contribution in [3.05, 3.63) is 77.4 Å². The third-order valence-electron chi connectivity index (χ3n) is 4.72. The molecular weight excluding hydrogens is 418 g/mol. The van der Waals surface area contributed by atoms with Gasteiger partial charge in [0.1, 0.15) is 28.6 Å². The van der Waals surface area contributed by atoms with Crippen molar-refractivity contribution in [1.29, 1.82) is 0 Å². The Morgan fingerprint density at radius 2 is 1.74 bits per heavy atom. The molecule has 0 saturated heterocycles. The topological polar surface area (TPSA) is 107 Å². The van der Waals surface area contributed by atoms with Crippen LogP contribution in [0.4, 0.5) is 5.69 Å². The second-order valence-electron chi connectivity index (χ2n) is 6.69. The number of amides is 1. The maximum atomic E-state index is 13.0. The van der Waals surface area contributed by atoms with Gasteiger partial charge < -0.3 is 20.3 Å². The number of hydrogen-bond donors (Lipinski definition) is 4. The minimum Gasteiger partial charge on any atom is -0.507 e. The Morgan fingerprint density at radius 3 is 2.42 bits per heavy atom.